The maximum Gasteiger partial charge on any atom is 0.153 e. The molecule has 0 radical (unpaired) electrons. The lowest BCUT2D eigenvalue weighted by atomic mass is 10.1. The van der Waals surface area contributed by atoms with Gasteiger partial charge in [-0.05, 0) is 57.4 Å². The van der Waals surface area contributed by atoms with E-state index in [1.54, 1.807) is 0 Å². The van der Waals surface area contributed by atoms with E-state index in [2.05, 4.69) is 50.2 Å². The molecule has 4 heteroatoms. The summed E-state index contributed by atoms with van der Waals surface area (Å²) in [4.78, 5) is 4.72. The van der Waals surface area contributed by atoms with Gasteiger partial charge in [0.1, 0.15) is 0 Å². The van der Waals surface area contributed by atoms with Crippen molar-refractivity contribution >= 4 is 0 Å². The smallest absolute Gasteiger partial charge is 0.153 e. The summed E-state index contributed by atoms with van der Waals surface area (Å²) in [6.45, 7) is 11.6. The van der Waals surface area contributed by atoms with Gasteiger partial charge in [0.2, 0.25) is 0 Å². The Kier molecular flexibility index (Phi) is 4.78. The van der Waals surface area contributed by atoms with Crippen molar-refractivity contribution in [2.45, 2.75) is 59.5 Å². The molecule has 0 aliphatic heterocycles. The van der Waals surface area contributed by atoms with Gasteiger partial charge in [-0.2, -0.15) is 5.10 Å². The van der Waals surface area contributed by atoms with Crippen molar-refractivity contribution in [2.24, 2.45) is 0 Å². The Hall–Kier alpha value is -1.68. The molecule has 0 atom stereocenters. The van der Waals surface area contributed by atoms with Gasteiger partial charge in [-0.3, -0.25) is 0 Å². The molecule has 0 aliphatic carbocycles. The number of pyridine rings is 1. The first-order valence-corrected chi connectivity index (χ1v) is 7.64. The summed E-state index contributed by atoms with van der Waals surface area (Å²) in [6.07, 6.45) is 5.97. The highest BCUT2D eigenvalue weighted by Gasteiger charge is 2.10. The summed E-state index contributed by atoms with van der Waals surface area (Å²) in [7, 11) is 0. The largest absolute Gasteiger partial charge is 0.308 e. The van der Waals surface area contributed by atoms with Gasteiger partial charge in [-0.25, -0.2) is 9.67 Å². The molecule has 0 amide bonds. The third-order valence-corrected chi connectivity index (χ3v) is 3.20. The Labute approximate surface area is 127 Å². The Balaban J connectivity index is 2.30. The second-order valence-corrected chi connectivity index (χ2v) is 6.64. The molecule has 0 aliphatic rings. The van der Waals surface area contributed by atoms with E-state index in [1.807, 2.05) is 24.0 Å². The van der Waals surface area contributed by atoms with Crippen molar-refractivity contribution in [2.75, 3.05) is 0 Å². The number of nitrogens with zero attached hydrogens (tertiary/aromatic N) is 3. The Bertz CT molecular complexity index is 593. The minimum Gasteiger partial charge on any atom is -0.308 e. The van der Waals surface area contributed by atoms with Gasteiger partial charge >= 0.3 is 0 Å². The Morgan fingerprint density at radius 3 is 2.57 bits per heavy atom. The molecular weight excluding hydrogens is 260 g/mol. The molecular formula is C17H26N4. The van der Waals surface area contributed by atoms with Crippen LogP contribution in [0.4, 0.5) is 0 Å². The van der Waals surface area contributed by atoms with Gasteiger partial charge in [-0.1, -0.05) is 13.3 Å². The second kappa shape index (κ2) is 6.39. The zero-order chi connectivity index (χ0) is 15.5. The summed E-state index contributed by atoms with van der Waals surface area (Å²) in [5.41, 5.74) is 3.64. The second-order valence-electron chi connectivity index (χ2n) is 6.64. The van der Waals surface area contributed by atoms with E-state index in [1.165, 1.54) is 5.56 Å². The molecule has 0 fully saturated rings. The molecule has 2 heterocycles. The Morgan fingerprint density at radius 1 is 1.24 bits per heavy atom. The number of nitrogens with one attached hydrogen (secondary N) is 1. The molecule has 0 saturated heterocycles. The first-order valence-electron chi connectivity index (χ1n) is 7.64. The molecule has 21 heavy (non-hydrogen) atoms. The fourth-order valence-corrected chi connectivity index (χ4v) is 2.14. The van der Waals surface area contributed by atoms with Crippen LogP contribution in [0.1, 0.15) is 50.9 Å². The van der Waals surface area contributed by atoms with Crippen LogP contribution in [0.2, 0.25) is 0 Å². The van der Waals surface area contributed by atoms with Crippen LogP contribution >= 0.6 is 0 Å². The molecule has 4 nitrogen and oxygen atoms in total. The monoisotopic (exact) mass is 286 g/mol. The first-order chi connectivity index (χ1) is 9.87. The molecule has 0 bridgehead atoms. The van der Waals surface area contributed by atoms with E-state index in [9.17, 15) is 0 Å². The lowest BCUT2D eigenvalue weighted by Crippen LogP contribution is -2.35. The zero-order valence-corrected chi connectivity index (χ0v) is 13.8. The highest BCUT2D eigenvalue weighted by molar-refractivity contribution is 5.31. The molecule has 0 aromatic carbocycles. The van der Waals surface area contributed by atoms with Gasteiger partial charge in [0.25, 0.3) is 0 Å². The predicted octanol–water partition coefficient (Wildman–Crippen LogP) is 3.42. The van der Waals surface area contributed by atoms with Gasteiger partial charge in [0.05, 0.1) is 6.20 Å². The summed E-state index contributed by atoms with van der Waals surface area (Å²) < 4.78 is 1.86. The SMILES string of the molecule is CCCc1cc(CNC(C)(C)C)cc(-n2cc(C)cn2)n1. The molecule has 2 rings (SSSR count). The molecule has 2 aromatic heterocycles. The van der Waals surface area contributed by atoms with Crippen LogP contribution in [0.15, 0.2) is 24.5 Å². The van der Waals surface area contributed by atoms with Crippen molar-refractivity contribution in [1.82, 2.24) is 20.1 Å². The predicted molar refractivity (Wildman–Crippen MR) is 86.7 cm³/mol. The van der Waals surface area contributed by atoms with E-state index >= 15 is 0 Å². The molecule has 0 spiro atoms. The van der Waals surface area contributed by atoms with Crippen LogP contribution in [-0.4, -0.2) is 20.3 Å². The lowest BCUT2D eigenvalue weighted by molar-refractivity contribution is 0.424. The normalized spacial score (nSPS) is 11.9. The summed E-state index contributed by atoms with van der Waals surface area (Å²) in [5, 5.41) is 7.90. The highest BCUT2D eigenvalue weighted by Crippen LogP contribution is 2.13. The van der Waals surface area contributed by atoms with Crippen LogP contribution in [0, 0.1) is 6.92 Å². The average molecular weight is 286 g/mol. The first kappa shape index (κ1) is 15.7. The van der Waals surface area contributed by atoms with E-state index < -0.39 is 0 Å². The van der Waals surface area contributed by atoms with E-state index in [0.29, 0.717) is 0 Å². The van der Waals surface area contributed by atoms with Crippen LogP contribution < -0.4 is 5.32 Å². The number of aromatic nitrogens is 3. The zero-order valence-electron chi connectivity index (χ0n) is 13.8. The molecule has 0 saturated carbocycles. The van der Waals surface area contributed by atoms with Crippen LogP contribution in [0.25, 0.3) is 5.82 Å². The van der Waals surface area contributed by atoms with Crippen molar-refractivity contribution in [3.63, 3.8) is 0 Å². The average Bonchev–Trinajstić information content (AvgIpc) is 2.83. The van der Waals surface area contributed by atoms with Crippen LogP contribution in [0.5, 0.6) is 0 Å². The molecule has 0 unspecified atom stereocenters. The van der Waals surface area contributed by atoms with Crippen molar-refractivity contribution < 1.29 is 0 Å². The van der Waals surface area contributed by atoms with Crippen molar-refractivity contribution in [3.05, 3.63) is 41.3 Å². The number of aryl methyl sites for hydroxylation is 2. The maximum atomic E-state index is 4.72. The molecule has 2 aromatic rings. The third kappa shape index (κ3) is 4.67. The summed E-state index contributed by atoms with van der Waals surface area (Å²) in [5.74, 6) is 0.903. The molecule has 1 N–H and O–H groups in total. The maximum absolute atomic E-state index is 4.72. The summed E-state index contributed by atoms with van der Waals surface area (Å²) >= 11 is 0. The Morgan fingerprint density at radius 2 is 2.00 bits per heavy atom. The van der Waals surface area contributed by atoms with E-state index in [0.717, 1.165) is 36.5 Å². The van der Waals surface area contributed by atoms with Gasteiger partial charge < -0.3 is 5.32 Å². The van der Waals surface area contributed by atoms with Crippen LogP contribution in [0.3, 0.4) is 0 Å². The standard InChI is InChI=1S/C17H26N4/c1-6-7-15-8-14(11-18-17(3,4)5)9-16(20-15)21-12-13(2)10-19-21/h8-10,12,18H,6-7,11H2,1-5H3. The van der Waals surface area contributed by atoms with E-state index in [4.69, 9.17) is 4.98 Å². The van der Waals surface area contributed by atoms with Crippen molar-refractivity contribution in [1.29, 1.82) is 0 Å². The number of rotatable bonds is 5. The molecule has 114 valence electrons. The summed E-state index contributed by atoms with van der Waals surface area (Å²) in [6, 6.07) is 4.31. The number of hydrogen-bond donors (Lipinski definition) is 1. The van der Waals surface area contributed by atoms with E-state index in [-0.39, 0.29) is 5.54 Å². The highest BCUT2D eigenvalue weighted by atomic mass is 15.3. The topological polar surface area (TPSA) is 42.7 Å². The minimum atomic E-state index is 0.108. The number of hydrogen-bond acceptors (Lipinski definition) is 3. The van der Waals surface area contributed by atoms with Crippen LogP contribution in [-0.2, 0) is 13.0 Å². The van der Waals surface area contributed by atoms with Gasteiger partial charge in [-0.15, -0.1) is 0 Å². The van der Waals surface area contributed by atoms with Gasteiger partial charge in [0, 0.05) is 24.0 Å². The minimum absolute atomic E-state index is 0.108. The fraction of sp³-hybridized carbons (Fsp3) is 0.529. The lowest BCUT2D eigenvalue weighted by Gasteiger charge is -2.21. The third-order valence-electron chi connectivity index (χ3n) is 3.20. The quantitative estimate of drug-likeness (QED) is 0.916. The fourth-order valence-electron chi connectivity index (χ4n) is 2.14. The van der Waals surface area contributed by atoms with Gasteiger partial charge in [0.15, 0.2) is 5.82 Å². The van der Waals surface area contributed by atoms with Crippen molar-refractivity contribution in [3.8, 4) is 5.82 Å².